The van der Waals surface area contributed by atoms with Gasteiger partial charge in [-0.05, 0) is 37.8 Å². The molecule has 6 heteroatoms. The molecule has 1 rings (SSSR count). The van der Waals surface area contributed by atoms with Crippen molar-refractivity contribution in [3.8, 4) is 0 Å². The average molecular weight is 258 g/mol. The zero-order chi connectivity index (χ0) is 13.5. The van der Waals surface area contributed by atoms with Crippen LogP contribution in [-0.2, 0) is 9.59 Å². The number of aliphatic hydroxyl groups excluding tert-OH is 1. The molecule has 1 saturated heterocycles. The molecule has 0 spiro atoms. The molecular weight excluding hydrogens is 236 g/mol. The first kappa shape index (κ1) is 14.9. The molecule has 104 valence electrons. The summed E-state index contributed by atoms with van der Waals surface area (Å²) >= 11 is 0. The van der Waals surface area contributed by atoms with Crippen LogP contribution in [0.25, 0.3) is 0 Å². The van der Waals surface area contributed by atoms with Gasteiger partial charge in [0.05, 0.1) is 6.54 Å². The molecule has 0 aromatic heterocycles. The highest BCUT2D eigenvalue weighted by Gasteiger charge is 2.22. The third-order valence-corrected chi connectivity index (χ3v) is 3.42. The highest BCUT2D eigenvalue weighted by molar-refractivity contribution is 5.78. The summed E-state index contributed by atoms with van der Waals surface area (Å²) in [5, 5.41) is 23.3. The second kappa shape index (κ2) is 7.33. The SMILES string of the molecule is CC(CC(=O)NCC(O)C(=O)O)C1CCCNC1. The topological polar surface area (TPSA) is 98.7 Å². The third-order valence-electron chi connectivity index (χ3n) is 3.42. The van der Waals surface area contributed by atoms with Gasteiger partial charge in [0.1, 0.15) is 0 Å². The molecule has 1 fully saturated rings. The standard InChI is InChI=1S/C12H22N2O4/c1-8(9-3-2-4-13-6-9)5-11(16)14-7-10(15)12(17)18/h8-10,13,15H,2-7H2,1H3,(H,14,16)(H,17,18). The van der Waals surface area contributed by atoms with Gasteiger partial charge < -0.3 is 20.8 Å². The number of piperidine rings is 1. The lowest BCUT2D eigenvalue weighted by atomic mass is 9.85. The van der Waals surface area contributed by atoms with Gasteiger partial charge in [-0.3, -0.25) is 4.79 Å². The van der Waals surface area contributed by atoms with Crippen molar-refractivity contribution in [3.05, 3.63) is 0 Å². The van der Waals surface area contributed by atoms with E-state index >= 15 is 0 Å². The molecule has 0 bridgehead atoms. The van der Waals surface area contributed by atoms with Crippen LogP contribution in [0.4, 0.5) is 0 Å². The van der Waals surface area contributed by atoms with Crippen molar-refractivity contribution in [3.63, 3.8) is 0 Å². The number of carbonyl (C=O) groups is 2. The third kappa shape index (κ3) is 5.01. The highest BCUT2D eigenvalue weighted by atomic mass is 16.4. The van der Waals surface area contributed by atoms with Crippen LogP contribution in [0.1, 0.15) is 26.2 Å². The van der Waals surface area contributed by atoms with Crippen LogP contribution in [0, 0.1) is 11.8 Å². The maximum Gasteiger partial charge on any atom is 0.334 e. The van der Waals surface area contributed by atoms with Gasteiger partial charge in [0.25, 0.3) is 0 Å². The van der Waals surface area contributed by atoms with Crippen molar-refractivity contribution in [1.82, 2.24) is 10.6 Å². The molecule has 3 unspecified atom stereocenters. The van der Waals surface area contributed by atoms with Crippen molar-refractivity contribution >= 4 is 11.9 Å². The summed E-state index contributed by atoms with van der Waals surface area (Å²) in [4.78, 5) is 22.0. The van der Waals surface area contributed by atoms with E-state index in [1.165, 1.54) is 0 Å². The summed E-state index contributed by atoms with van der Waals surface area (Å²) in [5.41, 5.74) is 0. The van der Waals surface area contributed by atoms with Crippen LogP contribution in [0.2, 0.25) is 0 Å². The van der Waals surface area contributed by atoms with Crippen molar-refractivity contribution in [1.29, 1.82) is 0 Å². The Hall–Kier alpha value is -1.14. The molecule has 1 aliphatic rings. The van der Waals surface area contributed by atoms with Gasteiger partial charge in [-0.1, -0.05) is 6.92 Å². The lowest BCUT2D eigenvalue weighted by molar-refractivity contribution is -0.146. The minimum absolute atomic E-state index is 0.201. The number of carboxylic acid groups (broad SMARTS) is 1. The lowest BCUT2D eigenvalue weighted by Crippen LogP contribution is -2.39. The normalized spacial score (nSPS) is 23.1. The maximum absolute atomic E-state index is 11.6. The van der Waals surface area contributed by atoms with Gasteiger partial charge in [0.15, 0.2) is 6.10 Å². The summed E-state index contributed by atoms with van der Waals surface area (Å²) in [6.07, 6.45) is 1.10. The molecule has 0 aromatic rings. The van der Waals surface area contributed by atoms with Crippen molar-refractivity contribution in [2.45, 2.75) is 32.3 Å². The van der Waals surface area contributed by atoms with Gasteiger partial charge in [0, 0.05) is 6.42 Å². The van der Waals surface area contributed by atoms with E-state index in [4.69, 9.17) is 10.2 Å². The van der Waals surface area contributed by atoms with Crippen LogP contribution in [0.15, 0.2) is 0 Å². The van der Waals surface area contributed by atoms with E-state index < -0.39 is 12.1 Å². The molecule has 6 nitrogen and oxygen atoms in total. The van der Waals surface area contributed by atoms with E-state index in [-0.39, 0.29) is 18.4 Å². The summed E-state index contributed by atoms with van der Waals surface area (Å²) in [6.45, 7) is 3.78. The lowest BCUT2D eigenvalue weighted by Gasteiger charge is -2.28. The number of carboxylic acids is 1. The van der Waals surface area contributed by atoms with Crippen molar-refractivity contribution in [2.75, 3.05) is 19.6 Å². The molecule has 1 heterocycles. The molecule has 0 radical (unpaired) electrons. The Kier molecular flexibility index (Phi) is 6.07. The van der Waals surface area contributed by atoms with Crippen LogP contribution in [0.3, 0.4) is 0 Å². The minimum Gasteiger partial charge on any atom is -0.479 e. The molecule has 3 atom stereocenters. The van der Waals surface area contributed by atoms with E-state index in [0.29, 0.717) is 12.3 Å². The Balaban J connectivity index is 2.24. The van der Waals surface area contributed by atoms with Crippen molar-refractivity contribution in [2.24, 2.45) is 11.8 Å². The number of amides is 1. The first-order valence-corrected chi connectivity index (χ1v) is 6.39. The fourth-order valence-corrected chi connectivity index (χ4v) is 2.19. The first-order chi connectivity index (χ1) is 8.50. The van der Waals surface area contributed by atoms with Crippen molar-refractivity contribution < 1.29 is 19.8 Å². The number of hydrogen-bond acceptors (Lipinski definition) is 4. The molecule has 0 saturated carbocycles. The molecule has 1 amide bonds. The van der Waals surface area contributed by atoms with Gasteiger partial charge in [-0.15, -0.1) is 0 Å². The number of aliphatic carboxylic acids is 1. The second-order valence-electron chi connectivity index (χ2n) is 4.95. The van der Waals surface area contributed by atoms with Crippen LogP contribution < -0.4 is 10.6 Å². The molecule has 1 aliphatic heterocycles. The Morgan fingerprint density at radius 2 is 2.22 bits per heavy atom. The second-order valence-corrected chi connectivity index (χ2v) is 4.95. The predicted molar refractivity (Wildman–Crippen MR) is 66.0 cm³/mol. The Morgan fingerprint density at radius 3 is 2.78 bits per heavy atom. The van der Waals surface area contributed by atoms with E-state index in [9.17, 15) is 9.59 Å². The monoisotopic (exact) mass is 258 g/mol. The van der Waals surface area contributed by atoms with Gasteiger partial charge in [0.2, 0.25) is 5.91 Å². The van der Waals surface area contributed by atoms with Gasteiger partial charge in [-0.25, -0.2) is 4.79 Å². The molecule has 18 heavy (non-hydrogen) atoms. The number of rotatable bonds is 6. The predicted octanol–water partition coefficient (Wildman–Crippen LogP) is -0.426. The largest absolute Gasteiger partial charge is 0.479 e. The zero-order valence-corrected chi connectivity index (χ0v) is 10.7. The average Bonchev–Trinajstić information content (AvgIpc) is 2.36. The van der Waals surface area contributed by atoms with E-state index in [2.05, 4.69) is 10.6 Å². The molecule has 0 aliphatic carbocycles. The Labute approximate surface area is 107 Å². The smallest absolute Gasteiger partial charge is 0.334 e. The van der Waals surface area contributed by atoms with Crippen LogP contribution >= 0.6 is 0 Å². The van der Waals surface area contributed by atoms with Gasteiger partial charge >= 0.3 is 5.97 Å². The summed E-state index contributed by atoms with van der Waals surface area (Å²) in [6, 6.07) is 0. The fourth-order valence-electron chi connectivity index (χ4n) is 2.19. The van der Waals surface area contributed by atoms with Gasteiger partial charge in [-0.2, -0.15) is 0 Å². The zero-order valence-electron chi connectivity index (χ0n) is 10.7. The number of aliphatic hydroxyl groups is 1. The molecule has 4 N–H and O–H groups in total. The molecular formula is C12H22N2O4. The van der Waals surface area contributed by atoms with Crippen LogP contribution in [0.5, 0.6) is 0 Å². The van der Waals surface area contributed by atoms with Crippen LogP contribution in [-0.4, -0.2) is 47.8 Å². The number of nitrogens with one attached hydrogen (secondary N) is 2. The number of hydrogen-bond donors (Lipinski definition) is 4. The Bertz CT molecular complexity index is 290. The first-order valence-electron chi connectivity index (χ1n) is 6.39. The maximum atomic E-state index is 11.6. The summed E-state index contributed by atoms with van der Waals surface area (Å²) in [7, 11) is 0. The highest BCUT2D eigenvalue weighted by Crippen LogP contribution is 2.22. The molecule has 0 aromatic carbocycles. The van der Waals surface area contributed by atoms with E-state index in [1.807, 2.05) is 6.92 Å². The quantitative estimate of drug-likeness (QED) is 0.518. The Morgan fingerprint density at radius 1 is 1.50 bits per heavy atom. The van der Waals surface area contributed by atoms with E-state index in [1.54, 1.807) is 0 Å². The number of carbonyl (C=O) groups excluding carboxylic acids is 1. The summed E-state index contributed by atoms with van der Waals surface area (Å²) < 4.78 is 0. The fraction of sp³-hybridized carbons (Fsp3) is 0.833. The van der Waals surface area contributed by atoms with E-state index in [0.717, 1.165) is 25.9 Å². The summed E-state index contributed by atoms with van der Waals surface area (Å²) in [5.74, 6) is -0.762. The minimum atomic E-state index is -1.53.